The van der Waals surface area contributed by atoms with Crippen LogP contribution < -0.4 is 5.32 Å². The Labute approximate surface area is 107 Å². The van der Waals surface area contributed by atoms with E-state index in [-0.39, 0.29) is 0 Å². The van der Waals surface area contributed by atoms with Gasteiger partial charge in [-0.1, -0.05) is 41.1 Å². The lowest BCUT2D eigenvalue weighted by Gasteiger charge is -2.17. The highest BCUT2D eigenvalue weighted by atomic mass is 79.9. The molecular weight excluding hydrogens is 262 g/mol. The normalized spacial score (nSPS) is 12.4. The number of benzene rings is 1. The van der Waals surface area contributed by atoms with Gasteiger partial charge in [0.05, 0.1) is 0 Å². The van der Waals surface area contributed by atoms with Gasteiger partial charge in [-0.3, -0.25) is 0 Å². The Kier molecular flexibility index (Phi) is 6.43. The van der Waals surface area contributed by atoms with E-state index >= 15 is 0 Å². The number of allylic oxidation sites excluding steroid dienone is 1. The van der Waals surface area contributed by atoms with Gasteiger partial charge in [-0.2, -0.15) is 0 Å². The number of hydrogen-bond acceptors (Lipinski definition) is 1. The minimum Gasteiger partial charge on any atom is -0.314 e. The fourth-order valence-corrected chi connectivity index (χ4v) is 2.05. The van der Waals surface area contributed by atoms with E-state index in [1.807, 2.05) is 6.08 Å². The molecule has 0 fully saturated rings. The maximum absolute atomic E-state index is 3.78. The molecule has 1 atom stereocenters. The molecule has 0 aliphatic rings. The molecule has 0 aliphatic carbocycles. The van der Waals surface area contributed by atoms with Crippen LogP contribution in [0.4, 0.5) is 0 Å². The van der Waals surface area contributed by atoms with Crippen molar-refractivity contribution in [3.05, 3.63) is 47.0 Å². The van der Waals surface area contributed by atoms with Crippen LogP contribution in [0, 0.1) is 0 Å². The summed E-state index contributed by atoms with van der Waals surface area (Å²) < 4.78 is 1.14. The smallest absolute Gasteiger partial charge is 0.0175 e. The Morgan fingerprint density at radius 1 is 1.38 bits per heavy atom. The summed E-state index contributed by atoms with van der Waals surface area (Å²) in [6.45, 7) is 6.96. The second-order valence-corrected chi connectivity index (χ2v) is 4.87. The molecule has 0 bridgehead atoms. The number of rotatable bonds is 7. The molecule has 0 spiro atoms. The van der Waals surface area contributed by atoms with Gasteiger partial charge in [0.2, 0.25) is 0 Å². The Bertz CT molecular complexity index is 305. The second kappa shape index (κ2) is 7.64. The van der Waals surface area contributed by atoms with Crippen LogP contribution in [-0.2, 0) is 6.42 Å². The van der Waals surface area contributed by atoms with E-state index in [1.165, 1.54) is 5.56 Å². The molecule has 16 heavy (non-hydrogen) atoms. The standard InChI is InChI=1S/C14H20BrN/c1-3-5-6-14(16-4-2)11-12-7-9-13(15)10-8-12/h3,7-10,14,16H,1,4-6,11H2,2H3. The van der Waals surface area contributed by atoms with Crippen LogP contribution in [0.1, 0.15) is 25.3 Å². The number of hydrogen-bond donors (Lipinski definition) is 1. The molecule has 0 amide bonds. The number of likely N-dealkylation sites (N-methyl/N-ethyl adjacent to an activating group) is 1. The average Bonchev–Trinajstić information content (AvgIpc) is 2.29. The van der Waals surface area contributed by atoms with E-state index in [1.54, 1.807) is 0 Å². The quantitative estimate of drug-likeness (QED) is 0.747. The van der Waals surface area contributed by atoms with Crippen LogP contribution in [-0.4, -0.2) is 12.6 Å². The molecule has 1 aromatic carbocycles. The Morgan fingerprint density at radius 3 is 2.62 bits per heavy atom. The zero-order valence-corrected chi connectivity index (χ0v) is 11.5. The number of halogens is 1. The summed E-state index contributed by atoms with van der Waals surface area (Å²) in [6.07, 6.45) is 5.32. The third-order valence-corrected chi connectivity index (χ3v) is 3.14. The van der Waals surface area contributed by atoms with Gasteiger partial charge in [0.15, 0.2) is 0 Å². The van der Waals surface area contributed by atoms with Crippen LogP contribution in [0.15, 0.2) is 41.4 Å². The van der Waals surface area contributed by atoms with Gasteiger partial charge < -0.3 is 5.32 Å². The van der Waals surface area contributed by atoms with Crippen molar-refractivity contribution in [1.82, 2.24) is 5.32 Å². The van der Waals surface area contributed by atoms with Crippen molar-refractivity contribution in [2.75, 3.05) is 6.54 Å². The van der Waals surface area contributed by atoms with Gasteiger partial charge in [0.1, 0.15) is 0 Å². The van der Waals surface area contributed by atoms with Crippen molar-refractivity contribution >= 4 is 15.9 Å². The molecule has 0 saturated heterocycles. The predicted molar refractivity (Wildman–Crippen MR) is 74.7 cm³/mol. The van der Waals surface area contributed by atoms with Crippen LogP contribution in [0.5, 0.6) is 0 Å². The fraction of sp³-hybridized carbons (Fsp3) is 0.429. The SMILES string of the molecule is C=CCCC(Cc1ccc(Br)cc1)NCC. The maximum Gasteiger partial charge on any atom is 0.0175 e. The van der Waals surface area contributed by atoms with Crippen LogP contribution >= 0.6 is 15.9 Å². The molecule has 0 aromatic heterocycles. The van der Waals surface area contributed by atoms with Gasteiger partial charge in [-0.25, -0.2) is 0 Å². The summed E-state index contributed by atoms with van der Waals surface area (Å²) in [7, 11) is 0. The molecular formula is C14H20BrN. The first-order chi connectivity index (χ1) is 7.76. The van der Waals surface area contributed by atoms with Crippen molar-refractivity contribution in [2.24, 2.45) is 0 Å². The van der Waals surface area contributed by atoms with Crippen LogP contribution in [0.25, 0.3) is 0 Å². The maximum atomic E-state index is 3.78. The molecule has 1 nitrogen and oxygen atoms in total. The van der Waals surface area contributed by atoms with E-state index in [9.17, 15) is 0 Å². The van der Waals surface area contributed by atoms with E-state index in [0.29, 0.717) is 6.04 Å². The van der Waals surface area contributed by atoms with Gasteiger partial charge in [0, 0.05) is 10.5 Å². The van der Waals surface area contributed by atoms with Crippen LogP contribution in [0.3, 0.4) is 0 Å². The summed E-state index contributed by atoms with van der Waals surface area (Å²) in [4.78, 5) is 0. The molecule has 2 heteroatoms. The molecule has 0 heterocycles. The predicted octanol–water partition coefficient (Wildman–Crippen LogP) is 3.94. The van der Waals surface area contributed by atoms with Crippen molar-refractivity contribution in [2.45, 2.75) is 32.2 Å². The summed E-state index contributed by atoms with van der Waals surface area (Å²) in [5, 5.41) is 3.52. The zero-order chi connectivity index (χ0) is 11.8. The minimum absolute atomic E-state index is 0.559. The zero-order valence-electron chi connectivity index (χ0n) is 9.88. The summed E-state index contributed by atoms with van der Waals surface area (Å²) in [6, 6.07) is 9.13. The lowest BCUT2D eigenvalue weighted by molar-refractivity contribution is 0.495. The third kappa shape index (κ3) is 4.95. The number of nitrogens with one attached hydrogen (secondary N) is 1. The molecule has 1 unspecified atom stereocenters. The molecule has 1 rings (SSSR count). The lowest BCUT2D eigenvalue weighted by atomic mass is 10.0. The molecule has 88 valence electrons. The van der Waals surface area contributed by atoms with E-state index in [4.69, 9.17) is 0 Å². The average molecular weight is 282 g/mol. The van der Waals surface area contributed by atoms with E-state index < -0.39 is 0 Å². The van der Waals surface area contributed by atoms with Gasteiger partial charge in [-0.05, 0) is 43.5 Å². The highest BCUT2D eigenvalue weighted by molar-refractivity contribution is 9.10. The Balaban J connectivity index is 2.52. The first-order valence-electron chi connectivity index (χ1n) is 5.85. The van der Waals surface area contributed by atoms with Gasteiger partial charge in [0.25, 0.3) is 0 Å². The highest BCUT2D eigenvalue weighted by Gasteiger charge is 2.06. The van der Waals surface area contributed by atoms with E-state index in [2.05, 4.69) is 59.0 Å². The molecule has 0 saturated carbocycles. The summed E-state index contributed by atoms with van der Waals surface area (Å²) in [5.41, 5.74) is 1.39. The van der Waals surface area contributed by atoms with Crippen molar-refractivity contribution in [3.63, 3.8) is 0 Å². The topological polar surface area (TPSA) is 12.0 Å². The Hall–Kier alpha value is -0.600. The molecule has 1 N–H and O–H groups in total. The fourth-order valence-electron chi connectivity index (χ4n) is 1.79. The Morgan fingerprint density at radius 2 is 2.06 bits per heavy atom. The van der Waals surface area contributed by atoms with Crippen LogP contribution in [0.2, 0.25) is 0 Å². The van der Waals surface area contributed by atoms with E-state index in [0.717, 1.165) is 30.3 Å². The summed E-state index contributed by atoms with van der Waals surface area (Å²) in [5.74, 6) is 0. The molecule has 0 aliphatic heterocycles. The second-order valence-electron chi connectivity index (χ2n) is 3.95. The van der Waals surface area contributed by atoms with Crippen molar-refractivity contribution in [3.8, 4) is 0 Å². The van der Waals surface area contributed by atoms with Gasteiger partial charge >= 0.3 is 0 Å². The van der Waals surface area contributed by atoms with Crippen molar-refractivity contribution < 1.29 is 0 Å². The minimum atomic E-state index is 0.559. The summed E-state index contributed by atoms with van der Waals surface area (Å²) >= 11 is 3.46. The molecule has 0 radical (unpaired) electrons. The largest absolute Gasteiger partial charge is 0.314 e. The van der Waals surface area contributed by atoms with Crippen molar-refractivity contribution in [1.29, 1.82) is 0 Å². The first kappa shape index (κ1) is 13.5. The first-order valence-corrected chi connectivity index (χ1v) is 6.64. The molecule has 1 aromatic rings. The highest BCUT2D eigenvalue weighted by Crippen LogP contribution is 2.13. The van der Waals surface area contributed by atoms with Gasteiger partial charge in [-0.15, -0.1) is 6.58 Å². The monoisotopic (exact) mass is 281 g/mol. The third-order valence-electron chi connectivity index (χ3n) is 2.61. The lowest BCUT2D eigenvalue weighted by Crippen LogP contribution is -2.30.